The van der Waals surface area contributed by atoms with Crippen LogP contribution in [0.5, 0.6) is 0 Å². The summed E-state index contributed by atoms with van der Waals surface area (Å²) in [5.41, 5.74) is 0.564. The first-order valence-corrected chi connectivity index (χ1v) is 8.07. The molecule has 0 radical (unpaired) electrons. The summed E-state index contributed by atoms with van der Waals surface area (Å²) < 4.78 is 5.28. The molecule has 0 saturated carbocycles. The van der Waals surface area contributed by atoms with Gasteiger partial charge in [-0.3, -0.25) is 19.7 Å². The van der Waals surface area contributed by atoms with Crippen molar-refractivity contribution >= 4 is 17.6 Å². The fourth-order valence-electron chi connectivity index (χ4n) is 2.73. The maximum atomic E-state index is 12.1. The first-order valence-electron chi connectivity index (χ1n) is 8.07. The molecule has 0 aliphatic carbocycles. The predicted molar refractivity (Wildman–Crippen MR) is 87.0 cm³/mol. The van der Waals surface area contributed by atoms with Crippen LogP contribution in [0.1, 0.15) is 32.3 Å². The van der Waals surface area contributed by atoms with E-state index in [9.17, 15) is 19.7 Å². The molecule has 1 heterocycles. The third-order valence-corrected chi connectivity index (χ3v) is 4.14. The molecule has 1 amide bonds. The van der Waals surface area contributed by atoms with Gasteiger partial charge in [0.2, 0.25) is 5.91 Å². The minimum Gasteiger partial charge on any atom is -0.461 e. The number of hydrogen-bond donors (Lipinski definition) is 0. The largest absolute Gasteiger partial charge is 0.461 e. The molecular formula is C17H22N2O5. The Morgan fingerprint density at radius 3 is 2.58 bits per heavy atom. The Balaban J connectivity index is 1.83. The Morgan fingerprint density at radius 1 is 1.33 bits per heavy atom. The number of carbonyl (C=O) groups is 2. The molecule has 0 aromatic heterocycles. The Labute approximate surface area is 140 Å². The van der Waals surface area contributed by atoms with Crippen molar-refractivity contribution in [3.8, 4) is 0 Å². The third-order valence-electron chi connectivity index (χ3n) is 4.14. The highest BCUT2D eigenvalue weighted by atomic mass is 16.6. The molecule has 1 fully saturated rings. The number of nitro benzene ring substituents is 1. The van der Waals surface area contributed by atoms with E-state index in [-0.39, 0.29) is 36.0 Å². The number of nitrogens with zero attached hydrogens (tertiary/aromatic N) is 2. The number of amides is 1. The van der Waals surface area contributed by atoms with E-state index in [0.717, 1.165) is 0 Å². The van der Waals surface area contributed by atoms with Gasteiger partial charge in [-0.05, 0) is 18.4 Å². The van der Waals surface area contributed by atoms with Crippen molar-refractivity contribution in [2.75, 3.05) is 13.1 Å². The highest BCUT2D eigenvalue weighted by Crippen LogP contribution is 2.21. The number of hydrogen-bond acceptors (Lipinski definition) is 5. The minimum absolute atomic E-state index is 0.0195. The van der Waals surface area contributed by atoms with Crippen molar-refractivity contribution in [2.45, 2.75) is 33.3 Å². The van der Waals surface area contributed by atoms with Gasteiger partial charge in [-0.15, -0.1) is 0 Å². The van der Waals surface area contributed by atoms with Gasteiger partial charge in [0.25, 0.3) is 5.69 Å². The number of esters is 1. The van der Waals surface area contributed by atoms with Crippen molar-refractivity contribution in [3.63, 3.8) is 0 Å². The average molecular weight is 334 g/mol. The van der Waals surface area contributed by atoms with Crippen LogP contribution in [0.4, 0.5) is 5.69 Å². The van der Waals surface area contributed by atoms with Crippen LogP contribution in [0.25, 0.3) is 0 Å². The monoisotopic (exact) mass is 334 g/mol. The molecule has 0 unspecified atom stereocenters. The Morgan fingerprint density at radius 2 is 2.00 bits per heavy atom. The smallest absolute Gasteiger partial charge is 0.309 e. The van der Waals surface area contributed by atoms with Crippen LogP contribution in [-0.4, -0.2) is 34.8 Å². The molecule has 1 aliphatic heterocycles. The normalized spacial score (nSPS) is 15.4. The molecule has 0 spiro atoms. The van der Waals surface area contributed by atoms with Gasteiger partial charge >= 0.3 is 5.97 Å². The first-order chi connectivity index (χ1) is 11.4. The van der Waals surface area contributed by atoms with E-state index in [4.69, 9.17) is 4.74 Å². The SMILES string of the molecule is CC(C)C(=O)N1CCC(C(=O)OCc2cccc([N+](=O)[O-])c2)CC1. The van der Waals surface area contributed by atoms with Crippen LogP contribution in [-0.2, 0) is 20.9 Å². The highest BCUT2D eigenvalue weighted by molar-refractivity contribution is 5.79. The van der Waals surface area contributed by atoms with Crippen LogP contribution in [0.2, 0.25) is 0 Å². The number of likely N-dealkylation sites (tertiary alicyclic amines) is 1. The molecule has 1 saturated heterocycles. The third kappa shape index (κ3) is 4.53. The maximum absolute atomic E-state index is 12.1. The van der Waals surface area contributed by atoms with E-state index >= 15 is 0 Å². The van der Waals surface area contributed by atoms with Crippen LogP contribution in [0.15, 0.2) is 24.3 Å². The summed E-state index contributed by atoms with van der Waals surface area (Å²) in [6.45, 7) is 4.87. The van der Waals surface area contributed by atoms with E-state index in [1.165, 1.54) is 12.1 Å². The molecule has 0 atom stereocenters. The lowest BCUT2D eigenvalue weighted by Gasteiger charge is -2.32. The van der Waals surface area contributed by atoms with Gasteiger partial charge in [-0.1, -0.05) is 26.0 Å². The molecule has 0 bridgehead atoms. The number of rotatable bonds is 5. The van der Waals surface area contributed by atoms with Gasteiger partial charge in [0.05, 0.1) is 10.8 Å². The van der Waals surface area contributed by atoms with E-state index < -0.39 is 4.92 Å². The molecule has 2 rings (SSSR count). The molecule has 130 valence electrons. The standard InChI is InChI=1S/C17H22N2O5/c1-12(2)16(20)18-8-6-14(7-9-18)17(21)24-11-13-4-3-5-15(10-13)19(22)23/h3-5,10,12,14H,6-9,11H2,1-2H3. The zero-order chi connectivity index (χ0) is 17.7. The average Bonchev–Trinajstić information content (AvgIpc) is 2.59. The Hall–Kier alpha value is -2.44. The summed E-state index contributed by atoms with van der Waals surface area (Å²) in [7, 11) is 0. The second-order valence-electron chi connectivity index (χ2n) is 6.29. The summed E-state index contributed by atoms with van der Waals surface area (Å²) >= 11 is 0. The van der Waals surface area contributed by atoms with E-state index in [1.54, 1.807) is 17.0 Å². The van der Waals surface area contributed by atoms with Crippen molar-refractivity contribution in [2.24, 2.45) is 11.8 Å². The maximum Gasteiger partial charge on any atom is 0.309 e. The quantitative estimate of drug-likeness (QED) is 0.469. The first kappa shape index (κ1) is 17.9. The minimum atomic E-state index is -0.479. The van der Waals surface area contributed by atoms with Gasteiger partial charge in [0, 0.05) is 31.1 Å². The lowest BCUT2D eigenvalue weighted by Crippen LogP contribution is -2.42. The topological polar surface area (TPSA) is 89.8 Å². The second-order valence-corrected chi connectivity index (χ2v) is 6.29. The molecule has 24 heavy (non-hydrogen) atoms. The summed E-state index contributed by atoms with van der Waals surface area (Å²) in [5, 5.41) is 10.7. The van der Waals surface area contributed by atoms with E-state index in [2.05, 4.69) is 0 Å². The van der Waals surface area contributed by atoms with Crippen LogP contribution >= 0.6 is 0 Å². The molecule has 0 N–H and O–H groups in total. The van der Waals surface area contributed by atoms with Crippen molar-refractivity contribution in [3.05, 3.63) is 39.9 Å². The zero-order valence-electron chi connectivity index (χ0n) is 13.9. The molecule has 7 heteroatoms. The number of nitro groups is 1. The van der Waals surface area contributed by atoms with Gasteiger partial charge in [0.15, 0.2) is 0 Å². The van der Waals surface area contributed by atoms with Crippen molar-refractivity contribution in [1.29, 1.82) is 0 Å². The number of non-ortho nitro benzene ring substituents is 1. The Bertz CT molecular complexity index is 621. The van der Waals surface area contributed by atoms with Crippen LogP contribution < -0.4 is 0 Å². The summed E-state index contributed by atoms with van der Waals surface area (Å²) in [6.07, 6.45) is 1.18. The van der Waals surface area contributed by atoms with E-state index in [0.29, 0.717) is 31.5 Å². The van der Waals surface area contributed by atoms with Gasteiger partial charge in [-0.2, -0.15) is 0 Å². The number of carbonyl (C=O) groups excluding carboxylic acids is 2. The Kier molecular flexibility index (Phi) is 5.89. The summed E-state index contributed by atoms with van der Waals surface area (Å²) in [6, 6.07) is 6.05. The van der Waals surface area contributed by atoms with E-state index in [1.807, 2.05) is 13.8 Å². The molecule has 1 aliphatic rings. The molecule has 1 aromatic carbocycles. The number of benzene rings is 1. The molecule has 7 nitrogen and oxygen atoms in total. The lowest BCUT2D eigenvalue weighted by atomic mass is 9.96. The van der Waals surface area contributed by atoms with Gasteiger partial charge in [0.1, 0.15) is 6.61 Å². The summed E-state index contributed by atoms with van der Waals surface area (Å²) in [5.74, 6) is -0.459. The zero-order valence-corrected chi connectivity index (χ0v) is 13.9. The fourth-order valence-corrected chi connectivity index (χ4v) is 2.73. The summed E-state index contributed by atoms with van der Waals surface area (Å²) in [4.78, 5) is 36.1. The second kappa shape index (κ2) is 7.90. The van der Waals surface area contributed by atoms with Crippen molar-refractivity contribution in [1.82, 2.24) is 4.90 Å². The van der Waals surface area contributed by atoms with Gasteiger partial charge < -0.3 is 9.64 Å². The van der Waals surface area contributed by atoms with Crippen LogP contribution in [0, 0.1) is 22.0 Å². The predicted octanol–water partition coefficient (Wildman–Crippen LogP) is 2.53. The van der Waals surface area contributed by atoms with Crippen molar-refractivity contribution < 1.29 is 19.2 Å². The fraction of sp³-hybridized carbons (Fsp3) is 0.529. The van der Waals surface area contributed by atoms with Crippen LogP contribution in [0.3, 0.4) is 0 Å². The molecule has 1 aromatic rings. The number of piperidine rings is 1. The highest BCUT2D eigenvalue weighted by Gasteiger charge is 2.29. The molecular weight excluding hydrogens is 312 g/mol. The van der Waals surface area contributed by atoms with Gasteiger partial charge in [-0.25, -0.2) is 0 Å². The number of ether oxygens (including phenoxy) is 1. The lowest BCUT2D eigenvalue weighted by molar-refractivity contribution is -0.384.